The Balaban J connectivity index is 1.36. The average Bonchev–Trinajstić information content (AvgIpc) is 3.44. The van der Waals surface area contributed by atoms with Gasteiger partial charge in [0.15, 0.2) is 11.6 Å². The van der Waals surface area contributed by atoms with Gasteiger partial charge in [-0.3, -0.25) is 4.90 Å². The van der Waals surface area contributed by atoms with Crippen molar-refractivity contribution in [3.8, 4) is 22.9 Å². The second kappa shape index (κ2) is 10.8. The van der Waals surface area contributed by atoms with Gasteiger partial charge in [0.2, 0.25) is 0 Å². The van der Waals surface area contributed by atoms with E-state index in [1.807, 2.05) is 0 Å². The van der Waals surface area contributed by atoms with Crippen molar-refractivity contribution in [2.24, 2.45) is 0 Å². The summed E-state index contributed by atoms with van der Waals surface area (Å²) in [4.78, 5) is 12.7. The summed E-state index contributed by atoms with van der Waals surface area (Å²) < 4.78 is 73.1. The van der Waals surface area contributed by atoms with Crippen LogP contribution in [0.25, 0.3) is 32.1 Å². The van der Waals surface area contributed by atoms with E-state index in [-0.39, 0.29) is 68.1 Å². The fourth-order valence-corrected chi connectivity index (χ4v) is 9.08. The lowest BCUT2D eigenvalue weighted by atomic mass is 9.94. The zero-order valence-electron chi connectivity index (χ0n) is 25.5. The molecule has 0 bridgehead atoms. The Morgan fingerprint density at radius 3 is 2.77 bits per heavy atom. The van der Waals surface area contributed by atoms with E-state index in [2.05, 4.69) is 21.4 Å². The minimum Gasteiger partial charge on any atom is -0.489 e. The molecule has 1 aliphatic carbocycles. The van der Waals surface area contributed by atoms with E-state index >= 15 is 4.39 Å². The molecule has 4 aliphatic rings. The quantitative estimate of drug-likeness (QED) is 0.161. The number of nitrogen functional groups attached to an aromatic ring is 1. The number of fused-ring (bicyclic) bond motifs is 2. The van der Waals surface area contributed by atoms with Crippen molar-refractivity contribution >= 4 is 54.7 Å². The largest absolute Gasteiger partial charge is 0.489 e. The molecule has 0 amide bonds. The van der Waals surface area contributed by atoms with E-state index in [1.54, 1.807) is 6.92 Å². The lowest BCUT2D eigenvalue weighted by Gasteiger charge is -2.34. The van der Waals surface area contributed by atoms with Crippen LogP contribution in [0.5, 0.6) is 11.8 Å². The van der Waals surface area contributed by atoms with Crippen LogP contribution in [0.2, 0.25) is 5.02 Å². The number of hydrogen-bond acceptors (Lipinski definition) is 9. The first-order valence-electron chi connectivity index (χ1n) is 15.6. The zero-order chi connectivity index (χ0) is 33.0. The SMILES string of the molecule is C=C1CN2CCC[C@@]2(COc2nc3c4c(c(Cl)c(-c5ccc(F)c6sc(N)c(C)c56)c(F)c4n2)OCC(C2(O)CC2)N3CC(F)F)C1. The number of ether oxygens (including phenoxy) is 2. The first-order valence-corrected chi connectivity index (χ1v) is 16.7. The molecule has 2 aromatic heterocycles. The van der Waals surface area contributed by atoms with Crippen LogP contribution >= 0.6 is 22.9 Å². The number of nitrogens with zero attached hydrogens (tertiary/aromatic N) is 4. The van der Waals surface area contributed by atoms with Gasteiger partial charge in [-0.05, 0) is 62.8 Å². The lowest BCUT2D eigenvalue weighted by Crippen LogP contribution is -2.50. The molecule has 14 heteroatoms. The van der Waals surface area contributed by atoms with Gasteiger partial charge in [-0.25, -0.2) is 17.6 Å². The maximum absolute atomic E-state index is 17.1. The van der Waals surface area contributed by atoms with Crippen LogP contribution < -0.4 is 20.1 Å². The minimum atomic E-state index is -2.81. The van der Waals surface area contributed by atoms with Crippen LogP contribution in [-0.2, 0) is 0 Å². The van der Waals surface area contributed by atoms with Crippen molar-refractivity contribution < 1.29 is 32.1 Å². The molecule has 4 aromatic rings. The van der Waals surface area contributed by atoms with E-state index in [0.29, 0.717) is 28.8 Å². The van der Waals surface area contributed by atoms with Crippen LogP contribution in [0.4, 0.5) is 28.4 Å². The number of benzene rings is 2. The molecule has 47 heavy (non-hydrogen) atoms. The molecule has 248 valence electrons. The van der Waals surface area contributed by atoms with Crippen LogP contribution in [0, 0.1) is 18.6 Å². The highest BCUT2D eigenvalue weighted by Crippen LogP contribution is 2.53. The Hall–Kier alpha value is -3.39. The van der Waals surface area contributed by atoms with Gasteiger partial charge in [0.05, 0.1) is 43.8 Å². The third-order valence-corrected chi connectivity index (χ3v) is 11.7. The van der Waals surface area contributed by atoms with Crippen molar-refractivity contribution in [3.05, 3.63) is 46.5 Å². The molecule has 1 saturated carbocycles. The molecule has 8 rings (SSSR count). The number of alkyl halides is 2. The summed E-state index contributed by atoms with van der Waals surface area (Å²) in [7, 11) is 0. The number of anilines is 2. The van der Waals surface area contributed by atoms with Crippen LogP contribution in [0.1, 0.15) is 37.7 Å². The topological polar surface area (TPSA) is 97.0 Å². The van der Waals surface area contributed by atoms with E-state index in [9.17, 15) is 18.3 Å². The van der Waals surface area contributed by atoms with Crippen LogP contribution in [-0.4, -0.2) is 76.4 Å². The van der Waals surface area contributed by atoms with Gasteiger partial charge in [0.25, 0.3) is 6.43 Å². The maximum atomic E-state index is 17.1. The number of aromatic nitrogens is 2. The Labute approximate surface area is 276 Å². The Kier molecular flexibility index (Phi) is 7.11. The fourth-order valence-electron chi connectivity index (χ4n) is 7.74. The second-order valence-electron chi connectivity index (χ2n) is 13.2. The molecule has 5 heterocycles. The molecule has 3 N–H and O–H groups in total. The summed E-state index contributed by atoms with van der Waals surface area (Å²) in [5.41, 5.74) is 6.11. The van der Waals surface area contributed by atoms with Crippen molar-refractivity contribution in [3.63, 3.8) is 0 Å². The van der Waals surface area contributed by atoms with E-state index < -0.39 is 36.2 Å². The molecule has 0 radical (unpaired) electrons. The summed E-state index contributed by atoms with van der Waals surface area (Å²) in [5.74, 6) is -1.47. The normalized spacial score (nSPS) is 23.5. The molecule has 3 aliphatic heterocycles. The molecular formula is C33H32ClF4N5O3S. The van der Waals surface area contributed by atoms with Crippen molar-refractivity contribution in [1.29, 1.82) is 0 Å². The van der Waals surface area contributed by atoms with Gasteiger partial charge in [-0.15, -0.1) is 11.3 Å². The number of thiophene rings is 1. The molecule has 2 saturated heterocycles. The third-order valence-electron chi connectivity index (χ3n) is 10.2. The summed E-state index contributed by atoms with van der Waals surface area (Å²) in [5, 5.41) is 11.9. The number of rotatable bonds is 7. The summed E-state index contributed by atoms with van der Waals surface area (Å²) in [6.07, 6.45) is 0.516. The van der Waals surface area contributed by atoms with Gasteiger partial charge in [-0.2, -0.15) is 9.97 Å². The monoisotopic (exact) mass is 689 g/mol. The number of aryl methyl sites for hydroxylation is 1. The van der Waals surface area contributed by atoms with Crippen molar-refractivity contribution in [1.82, 2.24) is 14.9 Å². The minimum absolute atomic E-state index is 0.00851. The predicted octanol–water partition coefficient (Wildman–Crippen LogP) is 6.86. The van der Waals surface area contributed by atoms with E-state index in [1.165, 1.54) is 17.0 Å². The highest BCUT2D eigenvalue weighted by atomic mass is 35.5. The first-order chi connectivity index (χ1) is 22.4. The fraction of sp³-hybridized carbons (Fsp3) is 0.455. The Morgan fingerprint density at radius 1 is 1.23 bits per heavy atom. The number of hydrogen-bond donors (Lipinski definition) is 2. The number of nitrogens with two attached hydrogens (primary N) is 1. The summed E-state index contributed by atoms with van der Waals surface area (Å²) in [6.45, 7) is 6.70. The van der Waals surface area contributed by atoms with Gasteiger partial charge in [0, 0.05) is 17.5 Å². The maximum Gasteiger partial charge on any atom is 0.319 e. The Morgan fingerprint density at radius 2 is 2.02 bits per heavy atom. The third kappa shape index (κ3) is 4.75. The first kappa shape index (κ1) is 30.9. The molecule has 3 fully saturated rings. The van der Waals surface area contributed by atoms with E-state index in [0.717, 1.165) is 49.3 Å². The van der Waals surface area contributed by atoms with Gasteiger partial charge in [0.1, 0.15) is 30.4 Å². The molecule has 8 nitrogen and oxygen atoms in total. The highest BCUT2D eigenvalue weighted by Gasteiger charge is 2.53. The second-order valence-corrected chi connectivity index (χ2v) is 14.6. The smallest absolute Gasteiger partial charge is 0.319 e. The molecular weight excluding hydrogens is 658 g/mol. The van der Waals surface area contributed by atoms with Gasteiger partial charge >= 0.3 is 6.01 Å². The van der Waals surface area contributed by atoms with E-state index in [4.69, 9.17) is 26.8 Å². The average molecular weight is 690 g/mol. The lowest BCUT2D eigenvalue weighted by molar-refractivity contribution is 0.0791. The Bertz CT molecular complexity index is 1990. The molecule has 1 unspecified atom stereocenters. The summed E-state index contributed by atoms with van der Waals surface area (Å²) >= 11 is 8.03. The summed E-state index contributed by atoms with van der Waals surface area (Å²) in [6, 6.07) is 1.51. The van der Waals surface area contributed by atoms with Gasteiger partial charge in [-0.1, -0.05) is 29.8 Å². The van der Waals surface area contributed by atoms with Crippen molar-refractivity contribution in [2.75, 3.05) is 43.5 Å². The van der Waals surface area contributed by atoms with Crippen LogP contribution in [0.3, 0.4) is 0 Å². The number of halogens is 5. The van der Waals surface area contributed by atoms with Gasteiger partial charge < -0.3 is 25.2 Å². The molecule has 2 aromatic carbocycles. The molecule has 2 atom stereocenters. The van der Waals surface area contributed by atoms with Crippen molar-refractivity contribution in [2.45, 2.75) is 62.6 Å². The zero-order valence-corrected chi connectivity index (χ0v) is 27.1. The van der Waals surface area contributed by atoms with Crippen LogP contribution in [0.15, 0.2) is 24.3 Å². The standard InChI is InChI=1S/C33H32ClF4N5O3S/c1-15-10-32(6-3-9-42(32)11-15)14-46-31-40-26-23-27(45-13-19(33(44)7-8-33)43(12-20(36)37)30(23)41-31)24(34)22(25(26)38)17-4-5-18(35)28-21(17)16(2)29(39)47-28/h4-5,19-20,44H,1,3,6-14,39H2,2H3/t19?,32-/m0/s1. The molecule has 0 spiro atoms. The highest BCUT2D eigenvalue weighted by molar-refractivity contribution is 7.23. The predicted molar refractivity (Wildman–Crippen MR) is 174 cm³/mol. The number of aliphatic hydroxyl groups is 1.